The molecule has 178 valence electrons. The fourth-order valence-electron chi connectivity index (χ4n) is 4.90. The molecule has 2 aromatic rings. The molecular weight excluding hydrogens is 436 g/mol. The summed E-state index contributed by atoms with van der Waals surface area (Å²) in [6.45, 7) is 4.03. The summed E-state index contributed by atoms with van der Waals surface area (Å²) in [7, 11) is 0. The molecule has 0 saturated carbocycles. The molecule has 1 aromatic carbocycles. The van der Waals surface area contributed by atoms with Crippen LogP contribution in [0.5, 0.6) is 0 Å². The molecule has 3 heterocycles. The Kier molecular flexibility index (Phi) is 6.91. The highest BCUT2D eigenvalue weighted by atomic mass is 16.6. The number of benzene rings is 1. The van der Waals surface area contributed by atoms with Crippen molar-refractivity contribution in [1.29, 1.82) is 5.26 Å². The van der Waals surface area contributed by atoms with E-state index in [0.717, 1.165) is 5.56 Å². The zero-order valence-electron chi connectivity index (χ0n) is 19.2. The Morgan fingerprint density at radius 3 is 2.26 bits per heavy atom. The molecule has 2 aliphatic rings. The molecule has 0 amide bonds. The lowest BCUT2D eigenvalue weighted by Crippen LogP contribution is -2.43. The van der Waals surface area contributed by atoms with E-state index in [2.05, 4.69) is 16.0 Å². The normalized spacial score (nSPS) is 18.2. The first-order valence-corrected chi connectivity index (χ1v) is 11.6. The lowest BCUT2D eigenvalue weighted by molar-refractivity contribution is -0.383. The Morgan fingerprint density at radius 2 is 1.74 bits per heavy atom. The SMILES string of the molecule is CCOC(=O)C1CCN(c2ncnc(N3CCC(C#N)(c4ccccc4)CC3)c2[N+](=O)[O-])CC1. The van der Waals surface area contributed by atoms with Gasteiger partial charge in [0.25, 0.3) is 0 Å². The number of piperidine rings is 2. The number of hydrogen-bond acceptors (Lipinski definition) is 9. The average molecular weight is 465 g/mol. The Morgan fingerprint density at radius 1 is 1.15 bits per heavy atom. The van der Waals surface area contributed by atoms with Gasteiger partial charge in [0.05, 0.1) is 28.9 Å². The second-order valence-corrected chi connectivity index (χ2v) is 8.69. The van der Waals surface area contributed by atoms with Gasteiger partial charge in [-0.1, -0.05) is 30.3 Å². The number of carbonyl (C=O) groups is 1. The average Bonchev–Trinajstić information content (AvgIpc) is 2.89. The van der Waals surface area contributed by atoms with E-state index in [1.54, 1.807) is 6.92 Å². The van der Waals surface area contributed by atoms with E-state index in [4.69, 9.17) is 4.74 Å². The van der Waals surface area contributed by atoms with Gasteiger partial charge < -0.3 is 14.5 Å². The van der Waals surface area contributed by atoms with Crippen molar-refractivity contribution in [1.82, 2.24) is 9.97 Å². The number of nitrogens with zero attached hydrogens (tertiary/aromatic N) is 6. The summed E-state index contributed by atoms with van der Waals surface area (Å²) < 4.78 is 5.12. The van der Waals surface area contributed by atoms with Crippen molar-refractivity contribution >= 4 is 23.3 Å². The molecule has 0 N–H and O–H groups in total. The van der Waals surface area contributed by atoms with Crippen molar-refractivity contribution in [2.24, 2.45) is 5.92 Å². The van der Waals surface area contributed by atoms with E-state index in [1.165, 1.54) is 6.33 Å². The molecule has 34 heavy (non-hydrogen) atoms. The summed E-state index contributed by atoms with van der Waals surface area (Å²) in [6, 6.07) is 12.2. The first-order chi connectivity index (χ1) is 16.5. The van der Waals surface area contributed by atoms with Gasteiger partial charge in [-0.2, -0.15) is 5.26 Å². The van der Waals surface area contributed by atoms with Crippen LogP contribution in [0.25, 0.3) is 0 Å². The molecule has 0 atom stereocenters. The molecule has 0 radical (unpaired) electrons. The highest BCUT2D eigenvalue weighted by molar-refractivity contribution is 5.74. The van der Waals surface area contributed by atoms with Crippen LogP contribution in [-0.2, 0) is 14.9 Å². The standard InChI is InChI=1S/C24H28N6O4/c1-2-34-23(31)18-8-12-28(13-9-18)21-20(30(32)33)22(27-17-26-21)29-14-10-24(16-25,11-15-29)19-6-4-3-5-7-19/h3-7,17-18H,2,8-15H2,1H3. The quantitative estimate of drug-likeness (QED) is 0.360. The molecule has 2 saturated heterocycles. The van der Waals surface area contributed by atoms with Gasteiger partial charge in [-0.05, 0) is 38.2 Å². The van der Waals surface area contributed by atoms with Crippen LogP contribution in [0.4, 0.5) is 17.3 Å². The lowest BCUT2D eigenvalue weighted by Gasteiger charge is -2.38. The van der Waals surface area contributed by atoms with E-state index in [0.29, 0.717) is 58.5 Å². The molecule has 0 unspecified atom stereocenters. The zero-order valence-corrected chi connectivity index (χ0v) is 19.2. The Labute approximate surface area is 198 Å². The van der Waals surface area contributed by atoms with Crippen molar-refractivity contribution in [2.45, 2.75) is 38.0 Å². The molecule has 0 aliphatic carbocycles. The second kappa shape index (κ2) is 10.0. The van der Waals surface area contributed by atoms with Crippen molar-refractivity contribution < 1.29 is 14.5 Å². The van der Waals surface area contributed by atoms with E-state index in [1.807, 2.05) is 40.1 Å². The first-order valence-electron chi connectivity index (χ1n) is 11.6. The number of carbonyl (C=O) groups excluding carboxylic acids is 1. The fraction of sp³-hybridized carbons (Fsp3) is 0.500. The van der Waals surface area contributed by atoms with Crippen LogP contribution in [0.3, 0.4) is 0 Å². The van der Waals surface area contributed by atoms with Crippen LogP contribution in [0.2, 0.25) is 0 Å². The minimum atomic E-state index is -0.614. The van der Waals surface area contributed by atoms with Gasteiger partial charge in [0.15, 0.2) is 0 Å². The molecule has 10 heteroatoms. The van der Waals surface area contributed by atoms with Crippen LogP contribution in [-0.4, -0.2) is 53.6 Å². The topological polar surface area (TPSA) is 125 Å². The van der Waals surface area contributed by atoms with Crippen LogP contribution in [0, 0.1) is 27.4 Å². The molecule has 2 aliphatic heterocycles. The molecule has 2 fully saturated rings. The van der Waals surface area contributed by atoms with Gasteiger partial charge in [0, 0.05) is 26.2 Å². The predicted molar refractivity (Wildman–Crippen MR) is 125 cm³/mol. The number of nitriles is 1. The number of ether oxygens (including phenoxy) is 1. The monoisotopic (exact) mass is 464 g/mol. The summed E-state index contributed by atoms with van der Waals surface area (Å²) in [5, 5.41) is 22.1. The van der Waals surface area contributed by atoms with Gasteiger partial charge in [0.1, 0.15) is 6.33 Å². The maximum Gasteiger partial charge on any atom is 0.353 e. The third-order valence-electron chi connectivity index (χ3n) is 6.84. The van der Waals surface area contributed by atoms with Crippen LogP contribution in [0.15, 0.2) is 36.7 Å². The molecule has 10 nitrogen and oxygen atoms in total. The summed E-state index contributed by atoms with van der Waals surface area (Å²) in [4.78, 5) is 36.0. The second-order valence-electron chi connectivity index (χ2n) is 8.69. The number of aromatic nitrogens is 2. The van der Waals surface area contributed by atoms with E-state index < -0.39 is 10.3 Å². The smallest absolute Gasteiger partial charge is 0.353 e. The van der Waals surface area contributed by atoms with Crippen LogP contribution < -0.4 is 9.80 Å². The van der Waals surface area contributed by atoms with Crippen molar-refractivity contribution in [3.8, 4) is 6.07 Å². The van der Waals surface area contributed by atoms with Crippen molar-refractivity contribution in [2.75, 3.05) is 42.6 Å². The summed E-state index contributed by atoms with van der Waals surface area (Å²) in [5.74, 6) is 0.142. The number of esters is 1. The summed E-state index contributed by atoms with van der Waals surface area (Å²) >= 11 is 0. The minimum Gasteiger partial charge on any atom is -0.466 e. The van der Waals surface area contributed by atoms with Crippen molar-refractivity contribution in [3.63, 3.8) is 0 Å². The Hall–Kier alpha value is -3.74. The summed E-state index contributed by atoms with van der Waals surface area (Å²) in [6.07, 6.45) is 3.57. The number of anilines is 2. The first kappa shape index (κ1) is 23.4. The minimum absolute atomic E-state index is 0.124. The van der Waals surface area contributed by atoms with Crippen molar-refractivity contribution in [3.05, 3.63) is 52.3 Å². The van der Waals surface area contributed by atoms with Crippen LogP contribution in [0.1, 0.15) is 38.2 Å². The largest absolute Gasteiger partial charge is 0.466 e. The highest BCUT2D eigenvalue weighted by Gasteiger charge is 2.40. The van der Waals surface area contributed by atoms with Gasteiger partial charge in [-0.25, -0.2) is 9.97 Å². The molecular formula is C24H28N6O4. The Bertz CT molecular complexity index is 1070. The van der Waals surface area contributed by atoms with Gasteiger partial charge in [0.2, 0.25) is 11.6 Å². The molecule has 4 rings (SSSR count). The maximum absolute atomic E-state index is 12.1. The van der Waals surface area contributed by atoms with E-state index in [9.17, 15) is 20.2 Å². The van der Waals surface area contributed by atoms with Gasteiger partial charge in [-0.15, -0.1) is 0 Å². The Balaban J connectivity index is 1.53. The number of nitro groups is 1. The molecule has 0 bridgehead atoms. The van der Waals surface area contributed by atoms with E-state index in [-0.39, 0.29) is 29.2 Å². The van der Waals surface area contributed by atoms with E-state index >= 15 is 0 Å². The third kappa shape index (κ3) is 4.51. The molecule has 0 spiro atoms. The molecule has 1 aromatic heterocycles. The van der Waals surface area contributed by atoms with Crippen LogP contribution >= 0.6 is 0 Å². The van der Waals surface area contributed by atoms with Gasteiger partial charge >= 0.3 is 11.7 Å². The summed E-state index contributed by atoms with van der Waals surface area (Å²) in [5.41, 5.74) is 0.234. The number of rotatable bonds is 6. The highest BCUT2D eigenvalue weighted by Crippen LogP contribution is 2.40. The zero-order chi connectivity index (χ0) is 24.1. The number of hydrogen-bond donors (Lipinski definition) is 0. The predicted octanol–water partition coefficient (Wildman–Crippen LogP) is 3.23. The maximum atomic E-state index is 12.1. The lowest BCUT2D eigenvalue weighted by atomic mass is 9.74. The van der Waals surface area contributed by atoms with Gasteiger partial charge in [-0.3, -0.25) is 14.9 Å². The fourth-order valence-corrected chi connectivity index (χ4v) is 4.90. The third-order valence-corrected chi connectivity index (χ3v) is 6.84.